The number of thiazole rings is 1. The van der Waals surface area contributed by atoms with Crippen LogP contribution in [0.5, 0.6) is 5.75 Å². The van der Waals surface area contributed by atoms with E-state index >= 15 is 0 Å². The number of nitrogens with zero attached hydrogens (tertiary/aromatic N) is 1. The Hall–Kier alpha value is -2.73. The summed E-state index contributed by atoms with van der Waals surface area (Å²) in [5, 5.41) is 0.876. The van der Waals surface area contributed by atoms with Crippen molar-refractivity contribution in [3.8, 4) is 5.75 Å². The zero-order valence-electron chi connectivity index (χ0n) is 12.3. The number of carbonyl (C=O) groups excluding carboxylic acids is 2. The fraction of sp³-hybridized carbons (Fsp3) is 0.118. The van der Waals surface area contributed by atoms with Crippen LogP contribution in [0.2, 0.25) is 0 Å². The molecule has 0 bridgehead atoms. The zero-order valence-corrected chi connectivity index (χ0v) is 13.1. The average molecular weight is 327 g/mol. The molecule has 2 aromatic carbocycles. The Bertz CT molecular complexity index is 821. The zero-order chi connectivity index (χ0) is 16.2. The third-order valence-corrected chi connectivity index (χ3v) is 4.20. The van der Waals surface area contributed by atoms with Gasteiger partial charge in [0.1, 0.15) is 17.4 Å². The van der Waals surface area contributed by atoms with Gasteiger partial charge in [-0.3, -0.25) is 4.79 Å². The van der Waals surface area contributed by atoms with E-state index in [1.807, 2.05) is 24.3 Å². The summed E-state index contributed by atoms with van der Waals surface area (Å²) in [4.78, 5) is 27.3. The Morgan fingerprint density at radius 1 is 1.09 bits per heavy atom. The van der Waals surface area contributed by atoms with Crippen LogP contribution in [-0.4, -0.2) is 23.8 Å². The maximum absolute atomic E-state index is 11.6. The number of ether oxygens (including phenoxy) is 2. The lowest BCUT2D eigenvalue weighted by atomic mass is 10.1. The van der Waals surface area contributed by atoms with Gasteiger partial charge < -0.3 is 9.47 Å². The summed E-state index contributed by atoms with van der Waals surface area (Å²) in [6, 6.07) is 14.3. The fourth-order valence-corrected chi connectivity index (χ4v) is 2.92. The molecule has 0 radical (unpaired) electrons. The van der Waals surface area contributed by atoms with Crippen molar-refractivity contribution in [1.29, 1.82) is 0 Å². The van der Waals surface area contributed by atoms with E-state index in [0.29, 0.717) is 12.4 Å². The van der Waals surface area contributed by atoms with E-state index in [0.717, 1.165) is 15.2 Å². The maximum atomic E-state index is 11.6. The van der Waals surface area contributed by atoms with Gasteiger partial charge in [-0.1, -0.05) is 12.1 Å². The van der Waals surface area contributed by atoms with Gasteiger partial charge in [-0.15, -0.1) is 11.3 Å². The fourth-order valence-electron chi connectivity index (χ4n) is 2.04. The summed E-state index contributed by atoms with van der Waals surface area (Å²) in [5.74, 6) is -0.955. The Labute approximate surface area is 136 Å². The second-order valence-corrected chi connectivity index (χ2v) is 5.82. The topological polar surface area (TPSA) is 65.5 Å². The van der Waals surface area contributed by atoms with E-state index < -0.39 is 11.8 Å². The third-order valence-electron chi connectivity index (χ3n) is 3.19. The molecule has 6 heteroatoms. The summed E-state index contributed by atoms with van der Waals surface area (Å²) >= 11 is 1.58. The molecule has 3 aromatic rings. The van der Waals surface area contributed by atoms with Crippen molar-refractivity contribution in [1.82, 2.24) is 4.98 Å². The molecule has 1 aromatic heterocycles. The van der Waals surface area contributed by atoms with Crippen LogP contribution in [0.15, 0.2) is 48.5 Å². The SMILES string of the molecule is COC(=O)C(=O)c1ccc(OCc2nc3ccccc3s2)cc1. The van der Waals surface area contributed by atoms with Crippen LogP contribution >= 0.6 is 11.3 Å². The molecular weight excluding hydrogens is 314 g/mol. The summed E-state index contributed by atoms with van der Waals surface area (Å²) < 4.78 is 11.2. The van der Waals surface area contributed by atoms with E-state index in [4.69, 9.17) is 4.74 Å². The van der Waals surface area contributed by atoms with Gasteiger partial charge >= 0.3 is 5.97 Å². The lowest BCUT2D eigenvalue weighted by molar-refractivity contribution is -0.135. The predicted octanol–water partition coefficient (Wildman–Crippen LogP) is 3.23. The van der Waals surface area contributed by atoms with Crippen molar-refractivity contribution in [2.24, 2.45) is 0 Å². The minimum atomic E-state index is -0.881. The number of Topliss-reactive ketones (excluding diaryl/α,β-unsaturated/α-hetero) is 1. The molecule has 0 fully saturated rings. The molecule has 0 saturated carbocycles. The smallest absolute Gasteiger partial charge is 0.379 e. The number of benzene rings is 2. The number of hydrogen-bond donors (Lipinski definition) is 0. The third kappa shape index (κ3) is 3.37. The first-order valence-electron chi connectivity index (χ1n) is 6.87. The van der Waals surface area contributed by atoms with Gasteiger partial charge in [-0.2, -0.15) is 0 Å². The van der Waals surface area contributed by atoms with Crippen LogP contribution in [0.1, 0.15) is 15.4 Å². The lowest BCUT2D eigenvalue weighted by Gasteiger charge is -2.04. The van der Waals surface area contributed by atoms with Gasteiger partial charge in [-0.25, -0.2) is 9.78 Å². The number of carbonyl (C=O) groups is 2. The molecule has 0 aliphatic heterocycles. The second kappa shape index (κ2) is 6.58. The van der Waals surface area contributed by atoms with Crippen LogP contribution in [0.25, 0.3) is 10.2 Å². The van der Waals surface area contributed by atoms with Crippen molar-refractivity contribution in [3.05, 3.63) is 59.1 Å². The van der Waals surface area contributed by atoms with Crippen molar-refractivity contribution in [2.75, 3.05) is 7.11 Å². The van der Waals surface area contributed by atoms with E-state index in [9.17, 15) is 9.59 Å². The minimum absolute atomic E-state index is 0.268. The first kappa shape index (κ1) is 15.2. The normalized spacial score (nSPS) is 10.5. The minimum Gasteiger partial charge on any atom is -0.486 e. The number of aromatic nitrogens is 1. The molecule has 0 aliphatic carbocycles. The number of methoxy groups -OCH3 is 1. The Kier molecular flexibility index (Phi) is 4.34. The average Bonchev–Trinajstić information content (AvgIpc) is 3.02. The molecule has 0 N–H and O–H groups in total. The van der Waals surface area contributed by atoms with Crippen LogP contribution in [0.4, 0.5) is 0 Å². The molecular formula is C17H13NO4S. The number of esters is 1. The van der Waals surface area contributed by atoms with Crippen LogP contribution in [0.3, 0.4) is 0 Å². The van der Waals surface area contributed by atoms with E-state index in [1.54, 1.807) is 23.5 Å². The van der Waals surface area contributed by atoms with Crippen LogP contribution in [0, 0.1) is 0 Å². The van der Waals surface area contributed by atoms with Crippen molar-refractivity contribution < 1.29 is 19.1 Å². The van der Waals surface area contributed by atoms with Gasteiger partial charge in [0.2, 0.25) is 0 Å². The Morgan fingerprint density at radius 2 is 1.83 bits per heavy atom. The first-order chi connectivity index (χ1) is 11.2. The van der Waals surface area contributed by atoms with Crippen molar-refractivity contribution in [2.45, 2.75) is 6.61 Å². The van der Waals surface area contributed by atoms with Crippen LogP contribution < -0.4 is 4.74 Å². The standard InChI is InChI=1S/C17H13NO4S/c1-21-17(20)16(19)11-6-8-12(9-7-11)22-10-15-18-13-4-2-3-5-14(13)23-15/h2-9H,10H2,1H3. The molecule has 0 aliphatic rings. The molecule has 116 valence electrons. The van der Waals surface area contributed by atoms with Gasteiger partial charge in [0, 0.05) is 5.56 Å². The quantitative estimate of drug-likeness (QED) is 0.409. The van der Waals surface area contributed by atoms with Gasteiger partial charge in [0.15, 0.2) is 0 Å². The molecule has 23 heavy (non-hydrogen) atoms. The number of ketones is 1. The number of rotatable bonds is 5. The summed E-state index contributed by atoms with van der Waals surface area (Å²) in [7, 11) is 1.18. The van der Waals surface area contributed by atoms with Gasteiger partial charge in [-0.05, 0) is 36.4 Å². The highest BCUT2D eigenvalue weighted by Crippen LogP contribution is 2.23. The molecule has 0 amide bonds. The highest BCUT2D eigenvalue weighted by molar-refractivity contribution is 7.18. The Morgan fingerprint density at radius 3 is 2.52 bits per heavy atom. The van der Waals surface area contributed by atoms with Crippen LogP contribution in [-0.2, 0) is 16.1 Å². The summed E-state index contributed by atoms with van der Waals surface area (Å²) in [6.07, 6.45) is 0. The van der Waals surface area contributed by atoms with Gasteiger partial charge in [0.25, 0.3) is 5.78 Å². The number of hydrogen-bond acceptors (Lipinski definition) is 6. The maximum Gasteiger partial charge on any atom is 0.379 e. The second-order valence-electron chi connectivity index (χ2n) is 4.71. The highest BCUT2D eigenvalue weighted by Gasteiger charge is 2.16. The predicted molar refractivity (Wildman–Crippen MR) is 86.7 cm³/mol. The monoisotopic (exact) mass is 327 g/mol. The van der Waals surface area contributed by atoms with Crippen molar-refractivity contribution >= 4 is 33.3 Å². The summed E-state index contributed by atoms with van der Waals surface area (Å²) in [6.45, 7) is 0.351. The molecule has 0 spiro atoms. The largest absolute Gasteiger partial charge is 0.486 e. The first-order valence-corrected chi connectivity index (χ1v) is 7.69. The van der Waals surface area contributed by atoms with E-state index in [2.05, 4.69) is 9.72 Å². The number of para-hydroxylation sites is 1. The highest BCUT2D eigenvalue weighted by atomic mass is 32.1. The molecule has 1 heterocycles. The van der Waals surface area contributed by atoms with Crippen molar-refractivity contribution in [3.63, 3.8) is 0 Å². The molecule has 0 atom stereocenters. The van der Waals surface area contributed by atoms with Gasteiger partial charge in [0.05, 0.1) is 17.3 Å². The van der Waals surface area contributed by atoms with E-state index in [1.165, 1.54) is 19.2 Å². The Balaban J connectivity index is 1.66. The number of fused-ring (bicyclic) bond motifs is 1. The summed E-state index contributed by atoms with van der Waals surface area (Å²) in [5.41, 5.74) is 1.22. The molecule has 3 rings (SSSR count). The molecule has 0 saturated heterocycles. The molecule has 0 unspecified atom stereocenters. The lowest BCUT2D eigenvalue weighted by Crippen LogP contribution is -2.15. The van der Waals surface area contributed by atoms with E-state index in [-0.39, 0.29) is 5.56 Å². The molecule has 5 nitrogen and oxygen atoms in total.